The molecule has 1 heterocycles. The van der Waals surface area contributed by atoms with E-state index in [1.165, 1.54) is 7.11 Å². The van der Waals surface area contributed by atoms with E-state index >= 15 is 0 Å². The number of phenols is 1. The summed E-state index contributed by atoms with van der Waals surface area (Å²) in [7, 11) is 1.48. The van der Waals surface area contributed by atoms with Gasteiger partial charge < -0.3 is 40.4 Å². The third kappa shape index (κ3) is 4.21. The number of aromatic hydroxyl groups is 1. The minimum Gasteiger partial charge on any atom is -0.507 e. The molecule has 0 bridgehead atoms. The van der Waals surface area contributed by atoms with Crippen LogP contribution in [0.1, 0.15) is 69.6 Å². The normalized spacial score (nSPS) is 29.9. The lowest BCUT2D eigenvalue weighted by atomic mass is 9.69. The second kappa shape index (κ2) is 9.85. The molecule has 2 aromatic rings. The van der Waals surface area contributed by atoms with Gasteiger partial charge in [0.1, 0.15) is 11.5 Å². The fourth-order valence-electron chi connectivity index (χ4n) is 6.22. The van der Waals surface area contributed by atoms with Crippen molar-refractivity contribution in [2.45, 2.75) is 69.4 Å². The first-order valence-corrected chi connectivity index (χ1v) is 13.0. The van der Waals surface area contributed by atoms with Crippen molar-refractivity contribution in [2.75, 3.05) is 13.7 Å². The van der Waals surface area contributed by atoms with Crippen LogP contribution in [0, 0.1) is 6.92 Å². The lowest BCUT2D eigenvalue weighted by molar-refractivity contribution is -0.246. The molecule has 2 aromatic carbocycles. The molecule has 39 heavy (non-hydrogen) atoms. The molecule has 9 nitrogen and oxygen atoms in total. The van der Waals surface area contributed by atoms with E-state index in [0.29, 0.717) is 44.7 Å². The zero-order valence-corrected chi connectivity index (χ0v) is 22.4. The summed E-state index contributed by atoms with van der Waals surface area (Å²) in [6, 6.07) is 4.64. The Kier molecular flexibility index (Phi) is 6.95. The number of ether oxygens (including phenoxy) is 3. The molecule has 208 valence electrons. The summed E-state index contributed by atoms with van der Waals surface area (Å²) in [5, 5.41) is 43.5. The maximum Gasteiger partial charge on any atom is 0.201 e. The number of methoxy groups -OCH3 is 1. The molecule has 0 radical (unpaired) electrons. The topological polar surface area (TPSA) is 152 Å². The van der Waals surface area contributed by atoms with E-state index in [-0.39, 0.29) is 36.1 Å². The highest BCUT2D eigenvalue weighted by molar-refractivity contribution is 6.22. The molecule has 6 N–H and O–H groups in total. The van der Waals surface area contributed by atoms with Gasteiger partial charge in [0.05, 0.1) is 48.8 Å². The monoisotopic (exact) mass is 537 g/mol. The van der Waals surface area contributed by atoms with E-state index in [9.17, 15) is 25.2 Å². The van der Waals surface area contributed by atoms with Crippen molar-refractivity contribution in [3.63, 3.8) is 0 Å². The minimum atomic E-state index is -1.55. The highest BCUT2D eigenvalue weighted by Gasteiger charge is 2.47. The number of aliphatic hydroxyl groups excluding tert-OH is 2. The van der Waals surface area contributed by atoms with Crippen LogP contribution in [0.2, 0.25) is 0 Å². The third-order valence-electron chi connectivity index (χ3n) is 8.45. The van der Waals surface area contributed by atoms with Crippen LogP contribution < -0.4 is 10.5 Å². The minimum absolute atomic E-state index is 0.0425. The van der Waals surface area contributed by atoms with Crippen molar-refractivity contribution in [3.05, 3.63) is 75.9 Å². The Morgan fingerprint density at radius 1 is 1.28 bits per heavy atom. The summed E-state index contributed by atoms with van der Waals surface area (Å²) in [6.45, 7) is 11.2. The SMILES string of the molecule is C=C1c2cccc(OC)c2C(=O)c2c(O)c3c(c(C)c21)C[C@@](O)(C(=C)CO)C[C@@H]3OC1C[C@H](N)[C@@H](O)[C@H](C)O1. The Morgan fingerprint density at radius 3 is 2.64 bits per heavy atom. The number of hydrogen-bond acceptors (Lipinski definition) is 9. The van der Waals surface area contributed by atoms with E-state index in [1.807, 2.05) is 6.92 Å². The number of carbonyl (C=O) groups is 1. The fraction of sp³-hybridized carbons (Fsp3) is 0.433. The largest absolute Gasteiger partial charge is 0.507 e. The van der Waals surface area contributed by atoms with Gasteiger partial charge in [0.25, 0.3) is 0 Å². The van der Waals surface area contributed by atoms with Crippen molar-refractivity contribution >= 4 is 11.4 Å². The molecule has 1 aliphatic heterocycles. The molecule has 5 rings (SSSR count). The quantitative estimate of drug-likeness (QED) is 0.309. The number of aliphatic hydroxyl groups is 3. The average molecular weight is 538 g/mol. The first-order valence-electron chi connectivity index (χ1n) is 13.0. The van der Waals surface area contributed by atoms with Gasteiger partial charge in [-0.1, -0.05) is 25.3 Å². The van der Waals surface area contributed by atoms with Crippen molar-refractivity contribution in [2.24, 2.45) is 5.73 Å². The van der Waals surface area contributed by atoms with Crippen LogP contribution in [0.25, 0.3) is 5.57 Å². The summed E-state index contributed by atoms with van der Waals surface area (Å²) >= 11 is 0. The number of carbonyl (C=O) groups excluding carboxylic acids is 1. The van der Waals surface area contributed by atoms with Crippen LogP contribution >= 0.6 is 0 Å². The van der Waals surface area contributed by atoms with Gasteiger partial charge >= 0.3 is 0 Å². The third-order valence-corrected chi connectivity index (χ3v) is 8.45. The van der Waals surface area contributed by atoms with Gasteiger partial charge in [0.2, 0.25) is 5.78 Å². The summed E-state index contributed by atoms with van der Waals surface area (Å²) in [5.74, 6) is -0.291. The molecular formula is C30H35NO8. The predicted octanol–water partition coefficient (Wildman–Crippen LogP) is 2.42. The maximum absolute atomic E-state index is 13.9. The lowest BCUT2D eigenvalue weighted by Crippen LogP contribution is -2.52. The first-order chi connectivity index (χ1) is 18.4. The zero-order chi connectivity index (χ0) is 28.4. The highest BCUT2D eigenvalue weighted by Crippen LogP contribution is 2.53. The molecule has 1 fully saturated rings. The van der Waals surface area contributed by atoms with Gasteiger partial charge in [0.15, 0.2) is 6.29 Å². The van der Waals surface area contributed by atoms with Gasteiger partial charge in [-0.15, -0.1) is 0 Å². The second-order valence-corrected chi connectivity index (χ2v) is 10.8. The first kappa shape index (κ1) is 27.5. The molecule has 0 aromatic heterocycles. The molecule has 6 atom stereocenters. The zero-order valence-electron chi connectivity index (χ0n) is 22.4. The van der Waals surface area contributed by atoms with Gasteiger partial charge in [-0.25, -0.2) is 0 Å². The van der Waals surface area contributed by atoms with Gasteiger partial charge in [-0.05, 0) is 53.3 Å². The number of fused-ring (bicyclic) bond motifs is 3. The van der Waals surface area contributed by atoms with Crippen molar-refractivity contribution in [1.82, 2.24) is 0 Å². The Labute approximate surface area is 227 Å². The van der Waals surface area contributed by atoms with Crippen LogP contribution in [0.5, 0.6) is 11.5 Å². The molecule has 2 aliphatic carbocycles. The van der Waals surface area contributed by atoms with Crippen LogP contribution in [-0.4, -0.2) is 70.1 Å². The predicted molar refractivity (Wildman–Crippen MR) is 144 cm³/mol. The van der Waals surface area contributed by atoms with E-state index in [1.54, 1.807) is 25.1 Å². The Hall–Kier alpha value is -3.05. The van der Waals surface area contributed by atoms with E-state index in [0.717, 1.165) is 0 Å². The summed E-state index contributed by atoms with van der Waals surface area (Å²) in [4.78, 5) is 13.9. The van der Waals surface area contributed by atoms with E-state index in [4.69, 9.17) is 19.9 Å². The number of ketones is 1. The standard InChI is InChI=1S/C30H35NO8/c1-13(12-32)30(36)10-18-15(3)23-14(2)17-7-6-8-20(37-5)24(17)28(34)26(23)29(35)25(18)21(11-30)39-22-9-19(31)27(33)16(4)38-22/h6-8,16,19,21-22,27,32-33,35-36H,1-2,9-12,31H2,3-5H3/t16-,19-,21-,22?,27-,30-/m0/s1. The number of rotatable bonds is 5. The van der Waals surface area contributed by atoms with Crippen molar-refractivity contribution in [3.8, 4) is 11.5 Å². The van der Waals surface area contributed by atoms with E-state index < -0.39 is 48.6 Å². The second-order valence-electron chi connectivity index (χ2n) is 10.8. The van der Waals surface area contributed by atoms with Gasteiger partial charge in [0, 0.05) is 30.9 Å². The fourth-order valence-corrected chi connectivity index (χ4v) is 6.22. The molecule has 0 spiro atoms. The number of phenolic OH excluding ortho intramolecular Hbond substituents is 1. The Morgan fingerprint density at radius 2 is 2.00 bits per heavy atom. The Bertz CT molecular complexity index is 1370. The van der Waals surface area contributed by atoms with Crippen LogP contribution in [-0.2, 0) is 15.9 Å². The van der Waals surface area contributed by atoms with Crippen LogP contribution in [0.4, 0.5) is 0 Å². The smallest absolute Gasteiger partial charge is 0.201 e. The van der Waals surface area contributed by atoms with Crippen LogP contribution in [0.15, 0.2) is 36.9 Å². The summed E-state index contributed by atoms with van der Waals surface area (Å²) < 4.78 is 17.6. The lowest BCUT2D eigenvalue weighted by Gasteiger charge is -2.44. The molecule has 1 unspecified atom stereocenters. The highest BCUT2D eigenvalue weighted by atomic mass is 16.7. The maximum atomic E-state index is 13.9. The number of nitrogens with two attached hydrogens (primary N) is 1. The van der Waals surface area contributed by atoms with Crippen molar-refractivity contribution in [1.29, 1.82) is 0 Å². The van der Waals surface area contributed by atoms with Crippen molar-refractivity contribution < 1.29 is 39.4 Å². The van der Waals surface area contributed by atoms with Gasteiger partial charge in [-0.3, -0.25) is 4.79 Å². The Balaban J connectivity index is 1.69. The average Bonchev–Trinajstić information content (AvgIpc) is 2.90. The molecule has 9 heteroatoms. The molecule has 3 aliphatic rings. The molecule has 0 amide bonds. The molecule has 1 saturated heterocycles. The number of benzene rings is 2. The number of hydrogen-bond donors (Lipinski definition) is 5. The molecular weight excluding hydrogens is 502 g/mol. The van der Waals surface area contributed by atoms with Crippen LogP contribution in [0.3, 0.4) is 0 Å². The van der Waals surface area contributed by atoms with E-state index in [2.05, 4.69) is 13.2 Å². The molecule has 0 saturated carbocycles. The van der Waals surface area contributed by atoms with Gasteiger partial charge in [-0.2, -0.15) is 0 Å². The summed E-state index contributed by atoms with van der Waals surface area (Å²) in [6.07, 6.45) is -3.07. The summed E-state index contributed by atoms with van der Waals surface area (Å²) in [5.41, 5.74) is 8.40.